The Morgan fingerprint density at radius 3 is 2.67 bits per heavy atom. The van der Waals surface area contributed by atoms with Crippen LogP contribution < -0.4 is 4.74 Å². The van der Waals surface area contributed by atoms with E-state index in [0.29, 0.717) is 6.42 Å². The number of rotatable bonds is 4. The van der Waals surface area contributed by atoms with Crippen molar-refractivity contribution in [3.05, 3.63) is 29.6 Å². The lowest BCUT2D eigenvalue weighted by Crippen LogP contribution is -2.09. The Kier molecular flexibility index (Phi) is 3.83. The number of hydrogen-bond donors (Lipinski definition) is 0. The average molecular weight is 210 g/mol. The van der Waals surface area contributed by atoms with Gasteiger partial charge in [0.05, 0.1) is 7.11 Å². The summed E-state index contributed by atoms with van der Waals surface area (Å²) >= 11 is 0. The molecule has 0 spiro atoms. The Bertz CT molecular complexity index is 361. The SMILES string of the molecule is COc1ccc(CC(C)C(C)=O)cc1F. The third kappa shape index (κ3) is 3.05. The smallest absolute Gasteiger partial charge is 0.165 e. The number of ketones is 1. The fourth-order valence-corrected chi connectivity index (χ4v) is 1.33. The van der Waals surface area contributed by atoms with Gasteiger partial charge in [0.1, 0.15) is 5.78 Å². The quantitative estimate of drug-likeness (QED) is 0.763. The van der Waals surface area contributed by atoms with E-state index in [1.165, 1.54) is 13.2 Å². The van der Waals surface area contributed by atoms with E-state index in [2.05, 4.69) is 0 Å². The maximum Gasteiger partial charge on any atom is 0.165 e. The minimum Gasteiger partial charge on any atom is -0.494 e. The Morgan fingerprint density at radius 1 is 1.53 bits per heavy atom. The lowest BCUT2D eigenvalue weighted by Gasteiger charge is -2.08. The summed E-state index contributed by atoms with van der Waals surface area (Å²) < 4.78 is 18.1. The van der Waals surface area contributed by atoms with Gasteiger partial charge in [0, 0.05) is 5.92 Å². The Balaban J connectivity index is 2.79. The summed E-state index contributed by atoms with van der Waals surface area (Å²) in [5.41, 5.74) is 0.816. The third-order valence-electron chi connectivity index (χ3n) is 2.45. The van der Waals surface area contributed by atoms with Crippen LogP contribution in [0, 0.1) is 11.7 Å². The van der Waals surface area contributed by atoms with E-state index >= 15 is 0 Å². The summed E-state index contributed by atoms with van der Waals surface area (Å²) in [7, 11) is 1.43. The number of carbonyl (C=O) groups is 1. The Labute approximate surface area is 89.1 Å². The molecular formula is C12H15FO2. The molecular weight excluding hydrogens is 195 g/mol. The van der Waals surface area contributed by atoms with Gasteiger partial charge in [-0.1, -0.05) is 13.0 Å². The highest BCUT2D eigenvalue weighted by Crippen LogP contribution is 2.19. The van der Waals surface area contributed by atoms with Crippen molar-refractivity contribution >= 4 is 5.78 Å². The first-order valence-corrected chi connectivity index (χ1v) is 4.87. The van der Waals surface area contributed by atoms with E-state index in [0.717, 1.165) is 5.56 Å². The molecule has 0 amide bonds. The van der Waals surface area contributed by atoms with Crippen LogP contribution in [0.5, 0.6) is 5.75 Å². The molecule has 0 radical (unpaired) electrons. The standard InChI is InChI=1S/C12H15FO2/c1-8(9(2)14)6-10-4-5-12(15-3)11(13)7-10/h4-5,7-8H,6H2,1-3H3. The molecule has 2 nitrogen and oxygen atoms in total. The zero-order chi connectivity index (χ0) is 11.4. The Hall–Kier alpha value is -1.38. The summed E-state index contributed by atoms with van der Waals surface area (Å²) in [4.78, 5) is 11.0. The fourth-order valence-electron chi connectivity index (χ4n) is 1.33. The van der Waals surface area contributed by atoms with E-state index in [1.54, 1.807) is 19.1 Å². The van der Waals surface area contributed by atoms with Gasteiger partial charge in [-0.3, -0.25) is 4.79 Å². The number of methoxy groups -OCH3 is 1. The molecule has 0 saturated heterocycles. The molecule has 1 aromatic carbocycles. The van der Waals surface area contributed by atoms with Gasteiger partial charge in [-0.2, -0.15) is 0 Å². The van der Waals surface area contributed by atoms with Gasteiger partial charge in [-0.15, -0.1) is 0 Å². The molecule has 15 heavy (non-hydrogen) atoms. The van der Waals surface area contributed by atoms with Crippen molar-refractivity contribution in [3.63, 3.8) is 0 Å². The van der Waals surface area contributed by atoms with Gasteiger partial charge >= 0.3 is 0 Å². The van der Waals surface area contributed by atoms with Crippen LogP contribution in [0.1, 0.15) is 19.4 Å². The maximum atomic E-state index is 13.3. The van der Waals surface area contributed by atoms with Crippen LogP contribution in [0.4, 0.5) is 4.39 Å². The highest BCUT2D eigenvalue weighted by atomic mass is 19.1. The fraction of sp³-hybridized carbons (Fsp3) is 0.417. The largest absolute Gasteiger partial charge is 0.494 e. The van der Waals surface area contributed by atoms with E-state index in [9.17, 15) is 9.18 Å². The second kappa shape index (κ2) is 4.91. The molecule has 0 aliphatic rings. The Morgan fingerprint density at radius 2 is 2.20 bits per heavy atom. The van der Waals surface area contributed by atoms with E-state index in [-0.39, 0.29) is 23.3 Å². The lowest BCUT2D eigenvalue weighted by molar-refractivity contribution is -0.120. The van der Waals surface area contributed by atoms with Crippen molar-refractivity contribution in [1.29, 1.82) is 0 Å². The molecule has 1 unspecified atom stereocenters. The first kappa shape index (κ1) is 11.7. The van der Waals surface area contributed by atoms with Gasteiger partial charge in [-0.05, 0) is 31.0 Å². The van der Waals surface area contributed by atoms with Crippen LogP contribution in [-0.2, 0) is 11.2 Å². The summed E-state index contributed by atoms with van der Waals surface area (Å²) in [6.07, 6.45) is 0.566. The van der Waals surface area contributed by atoms with Crippen LogP contribution >= 0.6 is 0 Å². The zero-order valence-electron chi connectivity index (χ0n) is 9.21. The first-order valence-electron chi connectivity index (χ1n) is 4.87. The molecule has 82 valence electrons. The van der Waals surface area contributed by atoms with Crippen LogP contribution in [-0.4, -0.2) is 12.9 Å². The zero-order valence-corrected chi connectivity index (χ0v) is 9.21. The van der Waals surface area contributed by atoms with Gasteiger partial charge in [-0.25, -0.2) is 4.39 Å². The summed E-state index contributed by atoms with van der Waals surface area (Å²) in [5.74, 6) is -0.107. The van der Waals surface area contributed by atoms with Gasteiger partial charge < -0.3 is 4.74 Å². The number of benzene rings is 1. The monoisotopic (exact) mass is 210 g/mol. The molecule has 1 atom stereocenters. The summed E-state index contributed by atoms with van der Waals surface area (Å²) in [6, 6.07) is 4.77. The number of ether oxygens (including phenoxy) is 1. The second-order valence-corrected chi connectivity index (χ2v) is 3.68. The van der Waals surface area contributed by atoms with Gasteiger partial charge in [0.2, 0.25) is 0 Å². The second-order valence-electron chi connectivity index (χ2n) is 3.68. The predicted molar refractivity (Wildman–Crippen MR) is 56.5 cm³/mol. The molecule has 0 bridgehead atoms. The van der Waals surface area contributed by atoms with Crippen molar-refractivity contribution in [1.82, 2.24) is 0 Å². The minimum atomic E-state index is -0.384. The van der Waals surface area contributed by atoms with Crippen molar-refractivity contribution in [2.45, 2.75) is 20.3 Å². The lowest BCUT2D eigenvalue weighted by atomic mass is 9.98. The van der Waals surface area contributed by atoms with Crippen LogP contribution in [0.3, 0.4) is 0 Å². The summed E-state index contributed by atoms with van der Waals surface area (Å²) in [6.45, 7) is 3.38. The molecule has 0 N–H and O–H groups in total. The van der Waals surface area contributed by atoms with Crippen molar-refractivity contribution in [2.24, 2.45) is 5.92 Å². The highest BCUT2D eigenvalue weighted by molar-refractivity contribution is 5.78. The maximum absolute atomic E-state index is 13.3. The van der Waals surface area contributed by atoms with Crippen molar-refractivity contribution in [2.75, 3.05) is 7.11 Å². The normalized spacial score (nSPS) is 12.3. The van der Waals surface area contributed by atoms with Crippen LogP contribution in [0.15, 0.2) is 18.2 Å². The molecule has 0 heterocycles. The molecule has 0 saturated carbocycles. The highest BCUT2D eigenvalue weighted by Gasteiger charge is 2.10. The van der Waals surface area contributed by atoms with Crippen LogP contribution in [0.2, 0.25) is 0 Å². The number of carbonyl (C=O) groups excluding carboxylic acids is 1. The minimum absolute atomic E-state index is 0.0715. The molecule has 3 heteroatoms. The van der Waals surface area contributed by atoms with Crippen LogP contribution in [0.25, 0.3) is 0 Å². The average Bonchev–Trinajstić information content (AvgIpc) is 2.18. The number of halogens is 1. The van der Waals surface area contributed by atoms with E-state index in [4.69, 9.17) is 4.74 Å². The van der Waals surface area contributed by atoms with Gasteiger partial charge in [0.25, 0.3) is 0 Å². The number of Topliss-reactive ketones (excluding diaryl/α,β-unsaturated/α-hetero) is 1. The third-order valence-corrected chi connectivity index (χ3v) is 2.45. The molecule has 0 aliphatic carbocycles. The molecule has 0 aliphatic heterocycles. The summed E-state index contributed by atoms with van der Waals surface area (Å²) in [5, 5.41) is 0. The molecule has 0 aromatic heterocycles. The van der Waals surface area contributed by atoms with Crippen molar-refractivity contribution in [3.8, 4) is 5.75 Å². The molecule has 1 rings (SSSR count). The van der Waals surface area contributed by atoms with E-state index < -0.39 is 0 Å². The van der Waals surface area contributed by atoms with E-state index in [1.807, 2.05) is 6.92 Å². The van der Waals surface area contributed by atoms with Crippen molar-refractivity contribution < 1.29 is 13.9 Å². The topological polar surface area (TPSA) is 26.3 Å². The molecule has 1 aromatic rings. The van der Waals surface area contributed by atoms with Gasteiger partial charge in [0.15, 0.2) is 11.6 Å². The number of hydrogen-bond acceptors (Lipinski definition) is 2. The molecule has 0 fully saturated rings. The first-order chi connectivity index (χ1) is 7.04. The predicted octanol–water partition coefficient (Wildman–Crippen LogP) is 2.60.